The van der Waals surface area contributed by atoms with Gasteiger partial charge in [0.2, 0.25) is 5.82 Å². The molecule has 0 saturated carbocycles. The summed E-state index contributed by atoms with van der Waals surface area (Å²) in [7, 11) is 0. The Morgan fingerprint density at radius 1 is 1.24 bits per heavy atom. The number of benzene rings is 1. The van der Waals surface area contributed by atoms with Crippen LogP contribution < -0.4 is 5.73 Å². The second-order valence-corrected chi connectivity index (χ2v) is 4.49. The number of halogens is 1. The van der Waals surface area contributed by atoms with Crippen molar-refractivity contribution in [2.24, 2.45) is 0 Å². The first-order valence-electron chi connectivity index (χ1n) is 6.53. The molecule has 0 radical (unpaired) electrons. The molecule has 6 heteroatoms. The third-order valence-electron chi connectivity index (χ3n) is 3.19. The summed E-state index contributed by atoms with van der Waals surface area (Å²) in [4.78, 5) is 8.55. The van der Waals surface area contributed by atoms with Gasteiger partial charge in [-0.2, -0.15) is 4.98 Å². The molecule has 0 spiro atoms. The predicted molar refractivity (Wildman–Crippen MR) is 76.7 cm³/mol. The standard InChI is InChI=1S/C15H13FN4O/c1-2-9-5-4-8-18-13(9)14-19-15(21-20-14)10-6-3-7-11(16)12(10)17/h3-8H,2,17H2,1H3. The highest BCUT2D eigenvalue weighted by Gasteiger charge is 2.17. The van der Waals surface area contributed by atoms with Gasteiger partial charge in [0.15, 0.2) is 0 Å². The van der Waals surface area contributed by atoms with Crippen molar-refractivity contribution in [2.45, 2.75) is 13.3 Å². The minimum atomic E-state index is -0.515. The molecule has 0 aliphatic carbocycles. The number of aryl methyl sites for hydroxylation is 1. The van der Waals surface area contributed by atoms with Crippen molar-refractivity contribution in [1.29, 1.82) is 0 Å². The summed E-state index contributed by atoms with van der Waals surface area (Å²) in [5.41, 5.74) is 7.74. The highest BCUT2D eigenvalue weighted by Crippen LogP contribution is 2.28. The molecule has 3 rings (SSSR count). The van der Waals surface area contributed by atoms with Gasteiger partial charge >= 0.3 is 0 Å². The topological polar surface area (TPSA) is 77.8 Å². The highest BCUT2D eigenvalue weighted by atomic mass is 19.1. The summed E-state index contributed by atoms with van der Waals surface area (Å²) in [6, 6.07) is 8.27. The number of hydrogen-bond donors (Lipinski definition) is 1. The Balaban J connectivity index is 2.06. The first-order chi connectivity index (χ1) is 10.2. The van der Waals surface area contributed by atoms with Gasteiger partial charge in [-0.15, -0.1) is 0 Å². The second kappa shape index (κ2) is 5.32. The summed E-state index contributed by atoms with van der Waals surface area (Å²) < 4.78 is 18.7. The van der Waals surface area contributed by atoms with Crippen LogP contribution in [0, 0.1) is 5.82 Å². The summed E-state index contributed by atoms with van der Waals surface area (Å²) in [6.07, 6.45) is 2.47. The third-order valence-corrected chi connectivity index (χ3v) is 3.19. The fraction of sp³-hybridized carbons (Fsp3) is 0.133. The van der Waals surface area contributed by atoms with Crippen LogP contribution in [0.4, 0.5) is 10.1 Å². The molecule has 0 saturated heterocycles. The Morgan fingerprint density at radius 2 is 2.10 bits per heavy atom. The van der Waals surface area contributed by atoms with E-state index < -0.39 is 5.82 Å². The summed E-state index contributed by atoms with van der Waals surface area (Å²) in [5.74, 6) is 0.0279. The maximum atomic E-state index is 13.5. The van der Waals surface area contributed by atoms with E-state index in [4.69, 9.17) is 10.3 Å². The zero-order valence-electron chi connectivity index (χ0n) is 11.4. The van der Waals surface area contributed by atoms with Crippen LogP contribution in [0.25, 0.3) is 23.0 Å². The Hall–Kier alpha value is -2.76. The number of para-hydroxylation sites is 1. The lowest BCUT2D eigenvalue weighted by Crippen LogP contribution is -1.95. The van der Waals surface area contributed by atoms with Crippen molar-refractivity contribution in [1.82, 2.24) is 15.1 Å². The van der Waals surface area contributed by atoms with Crippen molar-refractivity contribution in [3.8, 4) is 23.0 Å². The molecule has 0 aliphatic heterocycles. The molecule has 1 aromatic carbocycles. The van der Waals surface area contributed by atoms with E-state index in [-0.39, 0.29) is 11.6 Å². The van der Waals surface area contributed by atoms with Gasteiger partial charge in [0.1, 0.15) is 11.5 Å². The molecule has 0 atom stereocenters. The molecule has 0 amide bonds. The zero-order valence-corrected chi connectivity index (χ0v) is 11.4. The number of nitrogens with two attached hydrogens (primary N) is 1. The first-order valence-corrected chi connectivity index (χ1v) is 6.53. The molecule has 0 bridgehead atoms. The first kappa shape index (κ1) is 13.2. The van der Waals surface area contributed by atoms with Crippen LogP contribution in [-0.2, 0) is 6.42 Å². The lowest BCUT2D eigenvalue weighted by atomic mass is 10.1. The molecule has 5 nitrogen and oxygen atoms in total. The smallest absolute Gasteiger partial charge is 0.260 e. The van der Waals surface area contributed by atoms with Crippen molar-refractivity contribution >= 4 is 5.69 Å². The van der Waals surface area contributed by atoms with Gasteiger partial charge in [-0.1, -0.05) is 24.2 Å². The third kappa shape index (κ3) is 2.35. The minimum absolute atomic E-state index is 0.00978. The van der Waals surface area contributed by atoms with Gasteiger partial charge in [-0.25, -0.2) is 4.39 Å². The lowest BCUT2D eigenvalue weighted by molar-refractivity contribution is 0.432. The Morgan fingerprint density at radius 3 is 2.90 bits per heavy atom. The van der Waals surface area contributed by atoms with Crippen LogP contribution in [0.5, 0.6) is 0 Å². The van der Waals surface area contributed by atoms with Gasteiger partial charge in [-0.05, 0) is 30.2 Å². The molecule has 0 aliphatic rings. The van der Waals surface area contributed by atoms with Gasteiger partial charge in [0.05, 0.1) is 11.3 Å². The van der Waals surface area contributed by atoms with Crippen LogP contribution >= 0.6 is 0 Å². The van der Waals surface area contributed by atoms with Crippen molar-refractivity contribution in [3.05, 3.63) is 47.9 Å². The quantitative estimate of drug-likeness (QED) is 0.748. The summed E-state index contributed by atoms with van der Waals surface area (Å²) in [6.45, 7) is 2.02. The van der Waals surface area contributed by atoms with Gasteiger partial charge in [0, 0.05) is 6.20 Å². The number of hydrogen-bond acceptors (Lipinski definition) is 5. The Labute approximate surface area is 120 Å². The van der Waals surface area contributed by atoms with Gasteiger partial charge < -0.3 is 10.3 Å². The largest absolute Gasteiger partial charge is 0.396 e. The van der Waals surface area contributed by atoms with Crippen molar-refractivity contribution in [2.75, 3.05) is 5.73 Å². The van der Waals surface area contributed by atoms with E-state index in [9.17, 15) is 4.39 Å². The predicted octanol–water partition coefficient (Wildman–Crippen LogP) is 3.08. The van der Waals surface area contributed by atoms with Crippen molar-refractivity contribution in [3.63, 3.8) is 0 Å². The zero-order chi connectivity index (χ0) is 14.8. The van der Waals surface area contributed by atoms with E-state index in [0.717, 1.165) is 12.0 Å². The number of nitrogen functional groups attached to an aromatic ring is 1. The average Bonchev–Trinajstić information content (AvgIpc) is 2.99. The van der Waals surface area contributed by atoms with E-state index in [0.29, 0.717) is 17.1 Å². The molecule has 106 valence electrons. The van der Waals surface area contributed by atoms with Crippen LogP contribution in [0.3, 0.4) is 0 Å². The fourth-order valence-corrected chi connectivity index (χ4v) is 2.08. The van der Waals surface area contributed by atoms with Gasteiger partial charge in [-0.3, -0.25) is 4.98 Å². The lowest BCUT2D eigenvalue weighted by Gasteiger charge is -2.01. The van der Waals surface area contributed by atoms with Crippen LogP contribution in [0.15, 0.2) is 41.1 Å². The molecule has 3 aromatic rings. The summed E-state index contributed by atoms with van der Waals surface area (Å²) >= 11 is 0. The average molecular weight is 284 g/mol. The molecule has 2 aromatic heterocycles. The second-order valence-electron chi connectivity index (χ2n) is 4.49. The maximum absolute atomic E-state index is 13.5. The van der Waals surface area contributed by atoms with Crippen LogP contribution in [-0.4, -0.2) is 15.1 Å². The van der Waals surface area contributed by atoms with Gasteiger partial charge in [0.25, 0.3) is 5.89 Å². The van der Waals surface area contributed by atoms with Crippen molar-refractivity contribution < 1.29 is 8.91 Å². The number of aromatic nitrogens is 3. The molecular formula is C15H13FN4O. The van der Waals surface area contributed by atoms with Crippen LogP contribution in [0.2, 0.25) is 0 Å². The fourth-order valence-electron chi connectivity index (χ4n) is 2.08. The molecule has 2 N–H and O–H groups in total. The SMILES string of the molecule is CCc1cccnc1-c1noc(-c2cccc(F)c2N)n1. The van der Waals surface area contributed by atoms with Crippen LogP contribution in [0.1, 0.15) is 12.5 Å². The maximum Gasteiger partial charge on any atom is 0.260 e. The van der Waals surface area contributed by atoms with E-state index in [2.05, 4.69) is 15.1 Å². The number of nitrogens with zero attached hydrogens (tertiary/aromatic N) is 3. The van der Waals surface area contributed by atoms with E-state index in [1.54, 1.807) is 18.3 Å². The normalized spacial score (nSPS) is 10.8. The minimum Gasteiger partial charge on any atom is -0.396 e. The van der Waals surface area contributed by atoms with E-state index in [1.807, 2.05) is 19.1 Å². The molecule has 21 heavy (non-hydrogen) atoms. The number of anilines is 1. The molecule has 0 fully saturated rings. The molecule has 2 heterocycles. The Bertz CT molecular complexity index is 785. The van der Waals surface area contributed by atoms with E-state index in [1.165, 1.54) is 6.07 Å². The monoisotopic (exact) mass is 284 g/mol. The van der Waals surface area contributed by atoms with E-state index >= 15 is 0 Å². The highest BCUT2D eigenvalue weighted by molar-refractivity contribution is 5.71. The number of pyridine rings is 1. The molecular weight excluding hydrogens is 271 g/mol. The summed E-state index contributed by atoms with van der Waals surface area (Å²) in [5, 5.41) is 3.92. The molecule has 0 unspecified atom stereocenters. The number of rotatable bonds is 3. The Kier molecular flexibility index (Phi) is 3.35.